The standard InChI is InChI=1S/C6H9O4/c1-2-10-6(9)4-3-5(7)8/h4H,2-3H2,1H3,(H,7,8). The first-order valence-electron chi connectivity index (χ1n) is 2.88. The SMILES string of the molecule is CCOC(=O)[CH]CC(=O)O. The summed E-state index contributed by atoms with van der Waals surface area (Å²) in [6.45, 7) is 1.93. The first-order valence-corrected chi connectivity index (χ1v) is 2.88. The van der Waals surface area contributed by atoms with E-state index in [-0.39, 0.29) is 13.0 Å². The molecule has 0 amide bonds. The van der Waals surface area contributed by atoms with Crippen molar-refractivity contribution >= 4 is 11.9 Å². The summed E-state index contributed by atoms with van der Waals surface area (Å²) in [6.07, 6.45) is 0.713. The van der Waals surface area contributed by atoms with Gasteiger partial charge in [0.15, 0.2) is 0 Å². The van der Waals surface area contributed by atoms with Crippen LogP contribution in [0.1, 0.15) is 13.3 Å². The van der Waals surface area contributed by atoms with Crippen molar-refractivity contribution in [1.29, 1.82) is 0 Å². The summed E-state index contributed by atoms with van der Waals surface area (Å²) >= 11 is 0. The highest BCUT2D eigenvalue weighted by atomic mass is 16.5. The molecule has 0 aromatic rings. The molecule has 4 heteroatoms. The Bertz CT molecular complexity index is 130. The summed E-state index contributed by atoms with van der Waals surface area (Å²) in [5.74, 6) is -1.61. The Hall–Kier alpha value is -1.06. The molecule has 0 fully saturated rings. The molecule has 0 aliphatic rings. The lowest BCUT2D eigenvalue weighted by atomic mass is 10.3. The van der Waals surface area contributed by atoms with Crippen molar-refractivity contribution in [2.45, 2.75) is 13.3 Å². The molecule has 0 saturated heterocycles. The molecule has 10 heavy (non-hydrogen) atoms. The number of carboxylic acids is 1. The lowest BCUT2D eigenvalue weighted by Crippen LogP contribution is -2.07. The summed E-state index contributed by atoms with van der Waals surface area (Å²) < 4.78 is 4.43. The van der Waals surface area contributed by atoms with Gasteiger partial charge >= 0.3 is 11.9 Å². The van der Waals surface area contributed by atoms with Crippen LogP contribution in [-0.4, -0.2) is 23.7 Å². The third-order valence-corrected chi connectivity index (χ3v) is 0.730. The first-order chi connectivity index (χ1) is 4.66. The van der Waals surface area contributed by atoms with Gasteiger partial charge in [-0.2, -0.15) is 0 Å². The zero-order chi connectivity index (χ0) is 7.98. The molecule has 1 radical (unpaired) electrons. The molecule has 0 bridgehead atoms. The zero-order valence-electron chi connectivity index (χ0n) is 5.66. The number of aliphatic carboxylic acids is 1. The van der Waals surface area contributed by atoms with Gasteiger partial charge in [0.05, 0.1) is 19.4 Å². The molecule has 57 valence electrons. The van der Waals surface area contributed by atoms with Crippen molar-refractivity contribution in [2.24, 2.45) is 0 Å². The number of carbonyl (C=O) groups excluding carboxylic acids is 1. The number of esters is 1. The van der Waals surface area contributed by atoms with Crippen LogP contribution in [0, 0.1) is 6.42 Å². The van der Waals surface area contributed by atoms with Crippen molar-refractivity contribution in [3.8, 4) is 0 Å². The molecular weight excluding hydrogens is 136 g/mol. The van der Waals surface area contributed by atoms with E-state index in [1.807, 2.05) is 0 Å². The van der Waals surface area contributed by atoms with Crippen LogP contribution in [0.4, 0.5) is 0 Å². The lowest BCUT2D eigenvalue weighted by molar-refractivity contribution is -0.143. The van der Waals surface area contributed by atoms with Crippen LogP contribution in [0.15, 0.2) is 0 Å². The third kappa shape index (κ3) is 5.08. The van der Waals surface area contributed by atoms with Gasteiger partial charge in [-0.05, 0) is 6.92 Å². The van der Waals surface area contributed by atoms with Crippen LogP contribution in [0.2, 0.25) is 0 Å². The van der Waals surface area contributed by atoms with Gasteiger partial charge in [0, 0.05) is 0 Å². The molecule has 1 N–H and O–H groups in total. The van der Waals surface area contributed by atoms with Gasteiger partial charge in [0.25, 0.3) is 0 Å². The minimum atomic E-state index is -1.03. The molecular formula is C6H9O4. The predicted octanol–water partition coefficient (Wildman–Crippen LogP) is 0.228. The van der Waals surface area contributed by atoms with E-state index in [4.69, 9.17) is 5.11 Å². The van der Waals surface area contributed by atoms with E-state index >= 15 is 0 Å². The van der Waals surface area contributed by atoms with E-state index in [9.17, 15) is 9.59 Å². The third-order valence-electron chi connectivity index (χ3n) is 0.730. The van der Waals surface area contributed by atoms with Crippen molar-refractivity contribution in [3.63, 3.8) is 0 Å². The Kier molecular flexibility index (Phi) is 4.28. The first kappa shape index (κ1) is 8.94. The maximum absolute atomic E-state index is 10.4. The average molecular weight is 145 g/mol. The van der Waals surface area contributed by atoms with E-state index in [0.29, 0.717) is 0 Å². The molecule has 4 nitrogen and oxygen atoms in total. The Labute approximate surface area is 58.8 Å². The largest absolute Gasteiger partial charge is 0.481 e. The van der Waals surface area contributed by atoms with E-state index in [2.05, 4.69) is 4.74 Å². The molecule has 0 atom stereocenters. The minimum absolute atomic E-state index is 0.273. The number of ether oxygens (including phenoxy) is 1. The molecule has 0 spiro atoms. The molecule has 0 aromatic heterocycles. The Morgan fingerprint density at radius 3 is 2.60 bits per heavy atom. The summed E-state index contributed by atoms with van der Waals surface area (Å²) in [7, 11) is 0. The van der Waals surface area contributed by atoms with Crippen molar-refractivity contribution in [2.75, 3.05) is 6.61 Å². The van der Waals surface area contributed by atoms with Crippen LogP contribution >= 0.6 is 0 Å². The highest BCUT2D eigenvalue weighted by Gasteiger charge is 2.04. The van der Waals surface area contributed by atoms with Gasteiger partial charge in [-0.1, -0.05) is 0 Å². The van der Waals surface area contributed by atoms with Crippen molar-refractivity contribution in [3.05, 3.63) is 6.42 Å². The fraction of sp³-hybridized carbons (Fsp3) is 0.500. The quantitative estimate of drug-likeness (QED) is 0.575. The van der Waals surface area contributed by atoms with Gasteiger partial charge < -0.3 is 9.84 Å². The van der Waals surface area contributed by atoms with Gasteiger partial charge in [0.1, 0.15) is 0 Å². The number of carboxylic acid groups (broad SMARTS) is 1. The van der Waals surface area contributed by atoms with Gasteiger partial charge in [-0.15, -0.1) is 0 Å². The second kappa shape index (κ2) is 4.78. The van der Waals surface area contributed by atoms with Gasteiger partial charge in [-0.3, -0.25) is 9.59 Å². The Morgan fingerprint density at radius 2 is 2.20 bits per heavy atom. The molecule has 0 rings (SSSR count). The Balaban J connectivity index is 3.30. The second-order valence-electron chi connectivity index (χ2n) is 1.55. The molecule has 0 heterocycles. The molecule has 0 aromatic carbocycles. The number of hydrogen-bond donors (Lipinski definition) is 1. The minimum Gasteiger partial charge on any atom is -0.481 e. The van der Waals surface area contributed by atoms with Crippen molar-refractivity contribution < 1.29 is 19.4 Å². The van der Waals surface area contributed by atoms with Crippen LogP contribution in [0.25, 0.3) is 0 Å². The van der Waals surface area contributed by atoms with Gasteiger partial charge in [-0.25, -0.2) is 0 Å². The zero-order valence-corrected chi connectivity index (χ0v) is 5.66. The van der Waals surface area contributed by atoms with Gasteiger partial charge in [0.2, 0.25) is 0 Å². The van der Waals surface area contributed by atoms with Crippen LogP contribution in [-0.2, 0) is 14.3 Å². The fourth-order valence-corrected chi connectivity index (χ4v) is 0.372. The Morgan fingerprint density at radius 1 is 1.60 bits per heavy atom. The van der Waals surface area contributed by atoms with Crippen LogP contribution in [0.3, 0.4) is 0 Å². The lowest BCUT2D eigenvalue weighted by Gasteiger charge is -1.96. The molecule has 0 aliphatic heterocycles. The maximum Gasteiger partial charge on any atom is 0.310 e. The van der Waals surface area contributed by atoms with E-state index in [0.717, 1.165) is 6.42 Å². The second-order valence-corrected chi connectivity index (χ2v) is 1.55. The summed E-state index contributed by atoms with van der Waals surface area (Å²) in [5, 5.41) is 8.09. The maximum atomic E-state index is 10.4. The average Bonchev–Trinajstić information content (AvgIpc) is 1.85. The van der Waals surface area contributed by atoms with Crippen LogP contribution in [0.5, 0.6) is 0 Å². The fourth-order valence-electron chi connectivity index (χ4n) is 0.372. The highest BCUT2D eigenvalue weighted by Crippen LogP contribution is 1.89. The normalized spacial score (nSPS) is 8.90. The van der Waals surface area contributed by atoms with Crippen molar-refractivity contribution in [1.82, 2.24) is 0 Å². The number of hydrogen-bond acceptors (Lipinski definition) is 3. The predicted molar refractivity (Wildman–Crippen MR) is 33.2 cm³/mol. The molecule has 0 saturated carbocycles. The van der Waals surface area contributed by atoms with E-state index < -0.39 is 11.9 Å². The topological polar surface area (TPSA) is 63.6 Å². The number of rotatable bonds is 4. The van der Waals surface area contributed by atoms with E-state index in [1.54, 1.807) is 6.92 Å². The monoisotopic (exact) mass is 145 g/mol. The smallest absolute Gasteiger partial charge is 0.310 e. The summed E-state index contributed by atoms with van der Waals surface area (Å²) in [6, 6.07) is 0. The molecule has 0 unspecified atom stereocenters. The van der Waals surface area contributed by atoms with E-state index in [1.165, 1.54) is 0 Å². The summed E-state index contributed by atoms with van der Waals surface area (Å²) in [5.41, 5.74) is 0. The number of carbonyl (C=O) groups is 2. The molecule has 0 aliphatic carbocycles. The van der Waals surface area contributed by atoms with Crippen LogP contribution < -0.4 is 0 Å². The highest BCUT2D eigenvalue weighted by molar-refractivity contribution is 5.84. The summed E-state index contributed by atoms with van der Waals surface area (Å²) in [4.78, 5) is 20.3.